The average Bonchev–Trinajstić information content (AvgIpc) is 3.39. The molecule has 0 aliphatic carbocycles. The third kappa shape index (κ3) is 4.06. The molecule has 2 N–H and O–H groups in total. The van der Waals surface area contributed by atoms with E-state index in [2.05, 4.69) is 32.3 Å². The lowest BCUT2D eigenvalue weighted by Gasteiger charge is -2.10. The van der Waals surface area contributed by atoms with Crippen LogP contribution in [0.25, 0.3) is 22.3 Å². The van der Waals surface area contributed by atoms with Crippen LogP contribution in [0.1, 0.15) is 0 Å². The Bertz CT molecular complexity index is 1200. The van der Waals surface area contributed by atoms with Gasteiger partial charge in [0, 0.05) is 17.6 Å². The number of allylic oxidation sites excluding steroid dienone is 1. The van der Waals surface area contributed by atoms with Crippen molar-refractivity contribution < 1.29 is 9.53 Å². The summed E-state index contributed by atoms with van der Waals surface area (Å²) in [4.78, 5) is 12.5. The van der Waals surface area contributed by atoms with E-state index in [1.54, 1.807) is 19.4 Å². The summed E-state index contributed by atoms with van der Waals surface area (Å²) in [7, 11) is 1.62. The fourth-order valence-electron chi connectivity index (χ4n) is 3.06. The summed E-state index contributed by atoms with van der Waals surface area (Å²) < 4.78 is 7.36. The molecule has 2 aromatic heterocycles. The molecule has 2 aromatic carbocycles. The molecule has 2 heterocycles. The zero-order chi connectivity index (χ0) is 20.9. The summed E-state index contributed by atoms with van der Waals surface area (Å²) >= 11 is 1.32. The Balaban J connectivity index is 1.49. The standard InChI is InChI=1S/C21H20N6O2S/c1-3-10-27-20(16-6-4-5-7-18(16)29-2)25-26-21(27)30-13-19(28)23-15-9-8-14-12-22-24-17(14)11-15/h3-9,11-12H,1,10,13H2,2H3,(H,22,24)(H,23,28). The number of rotatable bonds is 8. The van der Waals surface area contributed by atoms with Crippen molar-refractivity contribution in [2.24, 2.45) is 0 Å². The summed E-state index contributed by atoms with van der Waals surface area (Å²) in [5.41, 5.74) is 2.41. The van der Waals surface area contributed by atoms with E-state index in [1.807, 2.05) is 47.0 Å². The normalized spacial score (nSPS) is 10.8. The van der Waals surface area contributed by atoms with Crippen LogP contribution in [0.4, 0.5) is 5.69 Å². The zero-order valence-electron chi connectivity index (χ0n) is 16.3. The van der Waals surface area contributed by atoms with Gasteiger partial charge in [-0.25, -0.2) is 0 Å². The highest BCUT2D eigenvalue weighted by Crippen LogP contribution is 2.31. The molecule has 0 saturated carbocycles. The third-order valence-electron chi connectivity index (χ3n) is 4.43. The number of thioether (sulfide) groups is 1. The molecule has 8 nitrogen and oxygen atoms in total. The van der Waals surface area contributed by atoms with E-state index in [-0.39, 0.29) is 11.7 Å². The number of aromatic amines is 1. The quantitative estimate of drug-likeness (QED) is 0.333. The largest absolute Gasteiger partial charge is 0.496 e. The Morgan fingerprint density at radius 3 is 3.00 bits per heavy atom. The van der Waals surface area contributed by atoms with Crippen LogP contribution in [0.5, 0.6) is 5.75 Å². The van der Waals surface area contributed by atoms with Crippen molar-refractivity contribution in [1.29, 1.82) is 0 Å². The Labute approximate surface area is 177 Å². The fraction of sp³-hybridized carbons (Fsp3) is 0.143. The van der Waals surface area contributed by atoms with Crippen LogP contribution in [0.2, 0.25) is 0 Å². The molecular formula is C21H20N6O2S. The number of carbonyl (C=O) groups excluding carboxylic acids is 1. The number of anilines is 1. The van der Waals surface area contributed by atoms with Crippen LogP contribution in [0.3, 0.4) is 0 Å². The van der Waals surface area contributed by atoms with E-state index in [1.165, 1.54) is 11.8 Å². The Morgan fingerprint density at radius 2 is 2.17 bits per heavy atom. The van der Waals surface area contributed by atoms with Gasteiger partial charge in [-0.3, -0.25) is 14.5 Å². The maximum absolute atomic E-state index is 12.5. The highest BCUT2D eigenvalue weighted by molar-refractivity contribution is 7.99. The van der Waals surface area contributed by atoms with Gasteiger partial charge in [0.1, 0.15) is 5.75 Å². The lowest BCUT2D eigenvalue weighted by atomic mass is 10.2. The molecule has 0 spiro atoms. The van der Waals surface area contributed by atoms with Crippen molar-refractivity contribution in [2.45, 2.75) is 11.7 Å². The second-order valence-electron chi connectivity index (χ2n) is 6.41. The van der Waals surface area contributed by atoms with E-state index in [0.29, 0.717) is 29.0 Å². The van der Waals surface area contributed by atoms with Gasteiger partial charge < -0.3 is 10.1 Å². The first-order valence-electron chi connectivity index (χ1n) is 9.23. The summed E-state index contributed by atoms with van der Waals surface area (Å²) in [6.07, 6.45) is 3.51. The van der Waals surface area contributed by atoms with E-state index >= 15 is 0 Å². The maximum Gasteiger partial charge on any atom is 0.234 e. The first-order chi connectivity index (χ1) is 14.7. The van der Waals surface area contributed by atoms with Gasteiger partial charge in [-0.2, -0.15) is 5.10 Å². The lowest BCUT2D eigenvalue weighted by molar-refractivity contribution is -0.113. The van der Waals surface area contributed by atoms with Gasteiger partial charge in [-0.1, -0.05) is 30.0 Å². The summed E-state index contributed by atoms with van der Waals surface area (Å²) in [6, 6.07) is 13.2. The number of aromatic nitrogens is 5. The molecule has 4 rings (SSSR count). The molecule has 0 fully saturated rings. The smallest absolute Gasteiger partial charge is 0.234 e. The highest BCUT2D eigenvalue weighted by atomic mass is 32.2. The minimum Gasteiger partial charge on any atom is -0.496 e. The van der Waals surface area contributed by atoms with Gasteiger partial charge in [0.15, 0.2) is 11.0 Å². The second-order valence-corrected chi connectivity index (χ2v) is 7.36. The van der Waals surface area contributed by atoms with Crippen molar-refractivity contribution in [2.75, 3.05) is 18.2 Å². The SMILES string of the molecule is C=CCn1c(SCC(=O)Nc2ccc3cn[nH]c3c2)nnc1-c1ccccc1OC. The average molecular weight is 420 g/mol. The van der Waals surface area contributed by atoms with Crippen molar-refractivity contribution in [1.82, 2.24) is 25.0 Å². The maximum atomic E-state index is 12.5. The van der Waals surface area contributed by atoms with Gasteiger partial charge >= 0.3 is 0 Å². The number of nitrogens with zero attached hydrogens (tertiary/aromatic N) is 4. The molecule has 4 aromatic rings. The first-order valence-corrected chi connectivity index (χ1v) is 10.2. The van der Waals surface area contributed by atoms with Crippen molar-refractivity contribution in [3.8, 4) is 17.1 Å². The van der Waals surface area contributed by atoms with Crippen molar-refractivity contribution >= 4 is 34.3 Å². The number of ether oxygens (including phenoxy) is 1. The molecule has 0 unspecified atom stereocenters. The number of benzene rings is 2. The lowest BCUT2D eigenvalue weighted by Crippen LogP contribution is -2.14. The molecule has 0 bridgehead atoms. The van der Waals surface area contributed by atoms with E-state index in [4.69, 9.17) is 4.74 Å². The molecule has 0 aliphatic rings. The number of carbonyl (C=O) groups is 1. The number of H-pyrrole nitrogens is 1. The van der Waals surface area contributed by atoms with E-state index < -0.39 is 0 Å². The molecule has 9 heteroatoms. The molecule has 0 saturated heterocycles. The summed E-state index contributed by atoms with van der Waals surface area (Å²) in [6.45, 7) is 4.34. The van der Waals surface area contributed by atoms with Crippen LogP contribution < -0.4 is 10.1 Å². The third-order valence-corrected chi connectivity index (χ3v) is 5.40. The molecule has 152 valence electrons. The first kappa shape index (κ1) is 19.7. The molecule has 1 amide bonds. The second kappa shape index (κ2) is 8.83. The van der Waals surface area contributed by atoms with Gasteiger partial charge in [0.25, 0.3) is 0 Å². The molecule has 0 atom stereocenters. The Morgan fingerprint density at radius 1 is 1.30 bits per heavy atom. The number of hydrogen-bond donors (Lipinski definition) is 2. The van der Waals surface area contributed by atoms with Crippen LogP contribution in [0.15, 0.2) is 66.5 Å². The molecule has 30 heavy (non-hydrogen) atoms. The number of para-hydroxylation sites is 1. The summed E-state index contributed by atoms with van der Waals surface area (Å²) in [5, 5.41) is 20.0. The van der Waals surface area contributed by atoms with Gasteiger partial charge in [0.05, 0.1) is 30.1 Å². The Kier molecular flexibility index (Phi) is 5.80. The van der Waals surface area contributed by atoms with Crippen LogP contribution in [-0.2, 0) is 11.3 Å². The molecule has 0 radical (unpaired) electrons. The number of hydrogen-bond acceptors (Lipinski definition) is 6. The zero-order valence-corrected chi connectivity index (χ0v) is 17.1. The Hall–Kier alpha value is -3.59. The predicted octanol–water partition coefficient (Wildman–Crippen LogP) is 3.75. The van der Waals surface area contributed by atoms with Gasteiger partial charge in [-0.05, 0) is 30.3 Å². The van der Waals surface area contributed by atoms with E-state index in [0.717, 1.165) is 16.5 Å². The highest BCUT2D eigenvalue weighted by Gasteiger charge is 2.17. The fourth-order valence-corrected chi connectivity index (χ4v) is 3.81. The van der Waals surface area contributed by atoms with Gasteiger partial charge in [0.2, 0.25) is 5.91 Å². The van der Waals surface area contributed by atoms with Gasteiger partial charge in [-0.15, -0.1) is 16.8 Å². The number of amides is 1. The predicted molar refractivity (Wildman–Crippen MR) is 118 cm³/mol. The molecular weight excluding hydrogens is 400 g/mol. The number of nitrogens with one attached hydrogen (secondary N) is 2. The minimum absolute atomic E-state index is 0.133. The van der Waals surface area contributed by atoms with Crippen molar-refractivity contribution in [3.63, 3.8) is 0 Å². The topological polar surface area (TPSA) is 97.7 Å². The van der Waals surface area contributed by atoms with Crippen LogP contribution in [-0.4, -0.2) is 43.7 Å². The van der Waals surface area contributed by atoms with E-state index in [9.17, 15) is 4.79 Å². The summed E-state index contributed by atoms with van der Waals surface area (Å²) in [5.74, 6) is 1.44. The van der Waals surface area contributed by atoms with Crippen LogP contribution in [0, 0.1) is 0 Å². The number of methoxy groups -OCH3 is 1. The molecule has 0 aliphatic heterocycles. The minimum atomic E-state index is -0.133. The van der Waals surface area contributed by atoms with Crippen molar-refractivity contribution in [3.05, 3.63) is 61.3 Å². The monoisotopic (exact) mass is 420 g/mol. The number of fused-ring (bicyclic) bond motifs is 1. The van der Waals surface area contributed by atoms with Crippen LogP contribution >= 0.6 is 11.8 Å².